The lowest BCUT2D eigenvalue weighted by molar-refractivity contribution is -0.160. The number of hydrogen-bond acceptors (Lipinski definition) is 6. The van der Waals surface area contributed by atoms with Gasteiger partial charge in [-0.3, -0.25) is 14.4 Å². The number of Topliss-reactive ketones (excluding diaryl/α,β-unsaturated/α-hetero) is 1. The van der Waals surface area contributed by atoms with Gasteiger partial charge >= 0.3 is 11.9 Å². The lowest BCUT2D eigenvalue weighted by Gasteiger charge is -2.43. The molecule has 3 rings (SSSR count). The first-order valence-electron chi connectivity index (χ1n) is 15.7. The summed E-state index contributed by atoms with van der Waals surface area (Å²) in [6, 6.07) is 0. The van der Waals surface area contributed by atoms with Crippen molar-refractivity contribution in [1.82, 2.24) is 0 Å². The van der Waals surface area contributed by atoms with E-state index >= 15 is 0 Å². The van der Waals surface area contributed by atoms with Crippen LogP contribution in [0.4, 0.5) is 0 Å². The number of allylic oxidation sites excluding steroid dienone is 1. The highest BCUT2D eigenvalue weighted by Gasteiger charge is 2.44. The summed E-state index contributed by atoms with van der Waals surface area (Å²) in [6.07, 6.45) is 2.25. The zero-order chi connectivity index (χ0) is 30.2. The lowest BCUT2D eigenvalue weighted by atomic mass is 9.66. The summed E-state index contributed by atoms with van der Waals surface area (Å²) in [4.78, 5) is 38.5. The third-order valence-corrected chi connectivity index (χ3v) is 13.7. The highest BCUT2D eigenvalue weighted by atomic mass is 28.4. The summed E-state index contributed by atoms with van der Waals surface area (Å²) in [7, 11) is -2.06. The number of cyclic esters (lactones) is 1. The second kappa shape index (κ2) is 11.7. The average molecular weight is 538 g/mol. The van der Waals surface area contributed by atoms with Crippen molar-refractivity contribution < 1.29 is 32.4 Å². The SMILES string of the molecule is [2H]C([2H])([2H])C1CC2=C(C(OC(=O)[C@@H](C)CC)C1)[C@@H](CCC1C[C@@H](O[Si](C)(C)C(C)(C)C)CC(=O)O1)[C@@H](C)C(=O)C2. The molecule has 1 fully saturated rings. The standard InChI is InChI=1S/C30H50O6Si/c1-10-19(3)29(33)35-26-14-18(2)13-21-15-25(31)20(4)24(28(21)26)12-11-22-16-23(17-27(32)34-22)36-37(8,9)30(5,6)7/h18-20,22-24,26H,10-17H2,1-9H3/t18?,19-,20+,22?,23+,24-,26?/m0/s1/i2D3. The molecule has 0 N–H and O–H groups in total. The highest BCUT2D eigenvalue weighted by Crippen LogP contribution is 2.46. The molecule has 3 aliphatic rings. The monoisotopic (exact) mass is 537 g/mol. The van der Waals surface area contributed by atoms with Crippen LogP contribution in [0.2, 0.25) is 18.1 Å². The highest BCUT2D eigenvalue weighted by molar-refractivity contribution is 6.74. The zero-order valence-corrected chi connectivity index (χ0v) is 25.1. The molecule has 1 aliphatic heterocycles. The maximum atomic E-state index is 13.1. The average Bonchev–Trinajstić information content (AvgIpc) is 2.81. The van der Waals surface area contributed by atoms with Gasteiger partial charge in [0.2, 0.25) is 0 Å². The molecule has 1 heterocycles. The van der Waals surface area contributed by atoms with E-state index in [2.05, 4.69) is 33.9 Å². The molecule has 0 saturated carbocycles. The van der Waals surface area contributed by atoms with Crippen LogP contribution in [-0.4, -0.2) is 44.4 Å². The van der Waals surface area contributed by atoms with Crippen LogP contribution in [0, 0.1) is 23.7 Å². The molecule has 2 aliphatic carbocycles. The van der Waals surface area contributed by atoms with E-state index < -0.39 is 27.2 Å². The predicted octanol–water partition coefficient (Wildman–Crippen LogP) is 6.77. The van der Waals surface area contributed by atoms with E-state index in [1.807, 2.05) is 20.8 Å². The van der Waals surface area contributed by atoms with Gasteiger partial charge in [-0.2, -0.15) is 0 Å². The summed E-state index contributed by atoms with van der Waals surface area (Å²) in [5.41, 5.74) is 1.75. The first kappa shape index (κ1) is 25.8. The van der Waals surface area contributed by atoms with Crippen molar-refractivity contribution in [3.8, 4) is 0 Å². The van der Waals surface area contributed by atoms with Crippen LogP contribution >= 0.6 is 0 Å². The molecule has 210 valence electrons. The van der Waals surface area contributed by atoms with Gasteiger partial charge in [0.05, 0.1) is 18.4 Å². The van der Waals surface area contributed by atoms with Crippen molar-refractivity contribution in [2.45, 2.75) is 136 Å². The number of ether oxygens (including phenoxy) is 2. The van der Waals surface area contributed by atoms with Crippen LogP contribution in [0.25, 0.3) is 0 Å². The third-order valence-electron chi connectivity index (χ3n) is 9.20. The zero-order valence-electron chi connectivity index (χ0n) is 27.1. The van der Waals surface area contributed by atoms with Crippen LogP contribution in [0.3, 0.4) is 0 Å². The van der Waals surface area contributed by atoms with Gasteiger partial charge in [-0.15, -0.1) is 0 Å². The van der Waals surface area contributed by atoms with Crippen molar-refractivity contribution in [3.05, 3.63) is 11.1 Å². The summed E-state index contributed by atoms with van der Waals surface area (Å²) in [6.45, 7) is 14.3. The number of carbonyl (C=O) groups is 3. The minimum atomic E-state index is -2.20. The Labute approximate surface area is 229 Å². The van der Waals surface area contributed by atoms with Gasteiger partial charge in [-0.05, 0) is 67.6 Å². The van der Waals surface area contributed by atoms with Gasteiger partial charge in [0.15, 0.2) is 8.32 Å². The topological polar surface area (TPSA) is 78.9 Å². The fourth-order valence-corrected chi connectivity index (χ4v) is 7.03. The number of esters is 2. The number of hydrogen-bond donors (Lipinski definition) is 0. The molecule has 0 aromatic heterocycles. The Hall–Kier alpha value is -1.47. The van der Waals surface area contributed by atoms with Crippen LogP contribution < -0.4 is 0 Å². The number of ketones is 1. The summed E-state index contributed by atoms with van der Waals surface area (Å²) < 4.78 is 42.4. The van der Waals surface area contributed by atoms with E-state index in [4.69, 9.17) is 18.0 Å². The van der Waals surface area contributed by atoms with Crippen molar-refractivity contribution in [2.24, 2.45) is 23.7 Å². The van der Waals surface area contributed by atoms with Crippen LogP contribution in [0.5, 0.6) is 0 Å². The fraction of sp³-hybridized carbons (Fsp3) is 0.833. The molecule has 0 spiro atoms. The second-order valence-corrected chi connectivity index (χ2v) is 17.9. The van der Waals surface area contributed by atoms with E-state index in [0.29, 0.717) is 32.1 Å². The summed E-state index contributed by atoms with van der Waals surface area (Å²) >= 11 is 0. The molecular formula is C30H50O6Si. The quantitative estimate of drug-likeness (QED) is 0.193. The molecule has 0 aromatic carbocycles. The summed E-state index contributed by atoms with van der Waals surface area (Å²) in [5.74, 6) is -1.93. The smallest absolute Gasteiger partial charge is 0.309 e. The molecule has 7 atom stereocenters. The maximum Gasteiger partial charge on any atom is 0.309 e. The van der Waals surface area contributed by atoms with Gasteiger partial charge in [0.25, 0.3) is 0 Å². The molecule has 0 aromatic rings. The molecule has 3 unspecified atom stereocenters. The minimum absolute atomic E-state index is 0.0277. The van der Waals surface area contributed by atoms with E-state index in [1.165, 1.54) is 0 Å². The van der Waals surface area contributed by atoms with Gasteiger partial charge in [0.1, 0.15) is 18.0 Å². The summed E-state index contributed by atoms with van der Waals surface area (Å²) in [5, 5.41) is 0.0277. The van der Waals surface area contributed by atoms with E-state index in [1.54, 1.807) is 0 Å². The Morgan fingerprint density at radius 1 is 1.19 bits per heavy atom. The Kier molecular flexibility index (Phi) is 8.17. The van der Waals surface area contributed by atoms with Crippen molar-refractivity contribution >= 4 is 26.0 Å². The van der Waals surface area contributed by atoms with Gasteiger partial charge in [0, 0.05) is 22.9 Å². The Bertz CT molecular complexity index is 998. The van der Waals surface area contributed by atoms with Crippen LogP contribution in [0.15, 0.2) is 11.1 Å². The van der Waals surface area contributed by atoms with Crippen molar-refractivity contribution in [1.29, 1.82) is 0 Å². The first-order valence-corrected chi connectivity index (χ1v) is 17.1. The molecule has 37 heavy (non-hydrogen) atoms. The van der Waals surface area contributed by atoms with Crippen LogP contribution in [-0.2, 0) is 28.3 Å². The maximum absolute atomic E-state index is 13.1. The van der Waals surface area contributed by atoms with E-state index in [9.17, 15) is 14.4 Å². The molecular weight excluding hydrogens is 484 g/mol. The molecule has 7 heteroatoms. The molecule has 0 bridgehead atoms. The number of carbonyl (C=O) groups excluding carboxylic acids is 3. The van der Waals surface area contributed by atoms with Crippen molar-refractivity contribution in [2.75, 3.05) is 0 Å². The third kappa shape index (κ3) is 7.14. The van der Waals surface area contributed by atoms with E-state index in [0.717, 1.165) is 11.1 Å². The van der Waals surface area contributed by atoms with E-state index in [-0.39, 0.29) is 72.0 Å². The molecule has 0 amide bonds. The number of rotatable bonds is 8. The Balaban J connectivity index is 1.83. The van der Waals surface area contributed by atoms with Gasteiger partial charge in [-0.25, -0.2) is 0 Å². The normalized spacial score (nSPS) is 33.6. The lowest BCUT2D eigenvalue weighted by Crippen LogP contribution is -2.47. The second-order valence-electron chi connectivity index (χ2n) is 13.1. The predicted molar refractivity (Wildman–Crippen MR) is 147 cm³/mol. The van der Waals surface area contributed by atoms with Crippen molar-refractivity contribution in [3.63, 3.8) is 0 Å². The van der Waals surface area contributed by atoms with Crippen LogP contribution in [0.1, 0.15) is 104 Å². The molecule has 6 nitrogen and oxygen atoms in total. The Morgan fingerprint density at radius 3 is 2.51 bits per heavy atom. The molecule has 0 radical (unpaired) electrons. The fourth-order valence-electron chi connectivity index (χ4n) is 5.66. The molecule has 1 saturated heterocycles. The minimum Gasteiger partial charge on any atom is -0.462 e. The van der Waals surface area contributed by atoms with Gasteiger partial charge < -0.3 is 13.9 Å². The largest absolute Gasteiger partial charge is 0.462 e. The Morgan fingerprint density at radius 2 is 1.89 bits per heavy atom. The first-order chi connectivity index (χ1) is 18.3. The van der Waals surface area contributed by atoms with Gasteiger partial charge in [-0.1, -0.05) is 54.0 Å².